The van der Waals surface area contributed by atoms with Gasteiger partial charge in [0.25, 0.3) is 0 Å². The average molecular weight is 727 g/mol. The fourth-order valence-electron chi connectivity index (χ4n) is 2.60. The molecule has 6 nitrogen and oxygen atoms in total. The normalized spacial score (nSPS) is 36.7. The minimum atomic E-state index is -0.782. The number of hydrogen-bond acceptors (Lipinski definition) is 4. The first-order valence-electron chi connectivity index (χ1n) is 6.87. The van der Waals surface area contributed by atoms with Crippen molar-refractivity contribution in [3.8, 4) is 0 Å². The molecule has 6 atom stereocenters. The third-order valence-corrected chi connectivity index (χ3v) is 3.71. The number of fused-ring (bicyclic) bond motifs is 1. The zero-order valence-corrected chi connectivity index (χ0v) is 18.9. The number of nitrogens with one attached hydrogen (secondary N) is 2. The van der Waals surface area contributed by atoms with Gasteiger partial charge in [-0.25, -0.2) is 0 Å². The summed E-state index contributed by atoms with van der Waals surface area (Å²) in [5.74, 6) is 0. The van der Waals surface area contributed by atoms with E-state index in [1.165, 1.54) is 7.11 Å². The fraction of sp³-hybridized carbons (Fsp3) is 0.571. The van der Waals surface area contributed by atoms with Gasteiger partial charge < -0.3 is 30.4 Å². The summed E-state index contributed by atoms with van der Waals surface area (Å²) in [6.07, 6.45) is -2.02. The molecule has 2 aliphatic rings. The van der Waals surface area contributed by atoms with Gasteiger partial charge in [0, 0.05) is 12.7 Å². The summed E-state index contributed by atoms with van der Waals surface area (Å²) in [7, 11) is 1.48. The van der Waals surface area contributed by atoms with Crippen molar-refractivity contribution in [1.82, 2.24) is 0 Å². The number of methoxy groups -OCH3 is 1. The first kappa shape index (κ1) is 20.4. The molecular formula is C14H18I2N2O4Pt. The molecule has 2 N–H and O–H groups in total. The molecule has 0 aliphatic carbocycles. The van der Waals surface area contributed by atoms with E-state index >= 15 is 0 Å². The van der Waals surface area contributed by atoms with Crippen LogP contribution >= 0.6 is 38.7 Å². The van der Waals surface area contributed by atoms with Gasteiger partial charge in [0.15, 0.2) is 6.29 Å². The molecule has 2 heterocycles. The first-order chi connectivity index (χ1) is 11.1. The molecular weight excluding hydrogens is 709 g/mol. The van der Waals surface area contributed by atoms with Gasteiger partial charge in [0.05, 0.1) is 12.7 Å². The molecule has 0 aromatic heterocycles. The van der Waals surface area contributed by atoms with Crippen LogP contribution < -0.4 is 0 Å². The van der Waals surface area contributed by atoms with Crippen molar-refractivity contribution in [2.45, 2.75) is 36.9 Å². The molecule has 2 fully saturated rings. The Balaban J connectivity index is 0.000000595. The van der Waals surface area contributed by atoms with E-state index < -0.39 is 30.8 Å². The van der Waals surface area contributed by atoms with Crippen molar-refractivity contribution < 1.29 is 30.1 Å². The predicted octanol–water partition coefficient (Wildman–Crippen LogP) is 4.08. The van der Waals surface area contributed by atoms with Crippen molar-refractivity contribution in [2.75, 3.05) is 13.7 Å². The van der Waals surface area contributed by atoms with Crippen molar-refractivity contribution in [2.24, 2.45) is 0 Å². The topological polar surface area (TPSA) is 84.5 Å². The number of hydrogen-bond donors (Lipinski definition) is 0. The van der Waals surface area contributed by atoms with Gasteiger partial charge in [0.1, 0.15) is 12.4 Å². The molecule has 0 amide bonds. The minimum absolute atomic E-state index is 0.339. The fourth-order valence-corrected chi connectivity index (χ4v) is 2.60. The summed E-state index contributed by atoms with van der Waals surface area (Å²) in [5, 5.41) is 0. The van der Waals surface area contributed by atoms with E-state index in [0.717, 1.165) is 5.56 Å². The maximum atomic E-state index is 8.16. The van der Waals surface area contributed by atoms with E-state index in [2.05, 4.69) is 38.7 Å². The van der Waals surface area contributed by atoms with E-state index in [1.807, 2.05) is 30.3 Å². The Bertz CT molecular complexity index is 471. The van der Waals surface area contributed by atoms with Gasteiger partial charge >= 0.3 is 49.9 Å². The summed E-state index contributed by atoms with van der Waals surface area (Å²) < 4.78 is 22.2. The Morgan fingerprint density at radius 1 is 1.13 bits per heavy atom. The Hall–Kier alpha value is 1.13. The summed E-state index contributed by atoms with van der Waals surface area (Å²) in [6.45, 7) is 0.339. The Morgan fingerprint density at radius 2 is 1.78 bits per heavy atom. The molecule has 23 heavy (non-hydrogen) atoms. The molecule has 0 radical (unpaired) electrons. The van der Waals surface area contributed by atoms with Crippen molar-refractivity contribution in [3.05, 3.63) is 47.4 Å². The Morgan fingerprint density at radius 3 is 2.39 bits per heavy atom. The molecule has 0 saturated carbocycles. The molecule has 9 heteroatoms. The van der Waals surface area contributed by atoms with Crippen LogP contribution in [0.5, 0.6) is 0 Å². The van der Waals surface area contributed by atoms with Gasteiger partial charge in [-0.2, -0.15) is 0 Å². The monoisotopic (exact) mass is 727 g/mol. The van der Waals surface area contributed by atoms with Gasteiger partial charge in [-0.1, -0.05) is 36.4 Å². The van der Waals surface area contributed by atoms with E-state index in [4.69, 9.17) is 30.4 Å². The number of rotatable bonds is 2. The van der Waals surface area contributed by atoms with Crippen LogP contribution in [0.15, 0.2) is 30.3 Å². The SMILES string of the molecule is CO[C@@H]1O[C@@H]2COC(c3ccccc3)O[C@H]2[C@H]([NH-])[C@H]1[NH-].[I][Pt+2][I]. The summed E-state index contributed by atoms with van der Waals surface area (Å²) in [5.41, 5.74) is 17.0. The van der Waals surface area contributed by atoms with E-state index in [-0.39, 0.29) is 6.10 Å². The van der Waals surface area contributed by atoms with Gasteiger partial charge in [-0.3, -0.25) is 0 Å². The van der Waals surface area contributed by atoms with Crippen LogP contribution in [0.4, 0.5) is 0 Å². The zero-order chi connectivity index (χ0) is 16.8. The Kier molecular flexibility index (Phi) is 9.17. The van der Waals surface area contributed by atoms with Crippen molar-refractivity contribution in [1.29, 1.82) is 0 Å². The second-order valence-electron chi connectivity index (χ2n) is 5.05. The maximum absolute atomic E-state index is 8.16. The third kappa shape index (κ3) is 5.30. The quantitative estimate of drug-likeness (QED) is 0.431. The zero-order valence-electron chi connectivity index (χ0n) is 12.3. The standard InChI is InChI=1S/C14H18N2O4.2HI.Pt/c1-17-14-11(16)10(15)12-9(19-14)7-18-13(20-12)8-5-3-2-4-6-8;;;/h2-6,9-16H,7H2,1H3;2*1H;/q-2;;;+4/p-2/t9-,10-,11-,12-,13?,14-;;;/m1.../s1. The van der Waals surface area contributed by atoms with Crippen LogP contribution in [0.2, 0.25) is 0 Å². The van der Waals surface area contributed by atoms with Gasteiger partial charge in [0.2, 0.25) is 0 Å². The second kappa shape index (κ2) is 10.3. The van der Waals surface area contributed by atoms with Crippen molar-refractivity contribution >= 4 is 38.7 Å². The van der Waals surface area contributed by atoms with Crippen LogP contribution in [0.1, 0.15) is 11.9 Å². The molecule has 1 aromatic rings. The molecule has 2 aliphatic heterocycles. The molecule has 2 saturated heterocycles. The van der Waals surface area contributed by atoms with Crippen LogP contribution in [-0.4, -0.2) is 44.3 Å². The second-order valence-corrected chi connectivity index (χ2v) is 21.6. The molecule has 0 spiro atoms. The Labute approximate surface area is 165 Å². The van der Waals surface area contributed by atoms with Gasteiger partial charge in [-0.05, 0) is 0 Å². The van der Waals surface area contributed by atoms with Crippen LogP contribution in [0, 0.1) is 0 Å². The number of ether oxygens (including phenoxy) is 4. The average Bonchev–Trinajstić information content (AvgIpc) is 2.59. The summed E-state index contributed by atoms with van der Waals surface area (Å²) in [6, 6.07) is 8.10. The number of benzene rings is 1. The summed E-state index contributed by atoms with van der Waals surface area (Å²) >= 11 is 5.30. The van der Waals surface area contributed by atoms with Crippen LogP contribution in [0.25, 0.3) is 11.5 Å². The third-order valence-electron chi connectivity index (χ3n) is 3.71. The summed E-state index contributed by atoms with van der Waals surface area (Å²) in [4.78, 5) is 0. The van der Waals surface area contributed by atoms with Crippen LogP contribution in [-0.2, 0) is 30.1 Å². The van der Waals surface area contributed by atoms with Crippen molar-refractivity contribution in [3.63, 3.8) is 0 Å². The van der Waals surface area contributed by atoms with E-state index in [9.17, 15) is 0 Å². The molecule has 0 bridgehead atoms. The number of halogens is 2. The van der Waals surface area contributed by atoms with Gasteiger partial charge in [-0.15, -0.1) is 6.04 Å². The molecule has 1 aromatic carbocycles. The molecule has 132 valence electrons. The van der Waals surface area contributed by atoms with Crippen LogP contribution in [0.3, 0.4) is 0 Å². The predicted molar refractivity (Wildman–Crippen MR) is 99.9 cm³/mol. The first-order valence-corrected chi connectivity index (χ1v) is 19.8. The van der Waals surface area contributed by atoms with E-state index in [1.54, 1.807) is 0 Å². The molecule has 1 unspecified atom stereocenters. The van der Waals surface area contributed by atoms with E-state index in [0.29, 0.717) is 17.8 Å². The molecule has 3 rings (SSSR count).